The van der Waals surface area contributed by atoms with E-state index in [1.165, 1.54) is 0 Å². The number of hydrogen-bond donors (Lipinski definition) is 0. The molecular formula is C16H23NO4S. The standard InChI is InChI=1S/C16H23NO4S/c1-12-4-3-5-14(10-12)22(18,19)17-9-8-16-15(17)7-6-13(21-16)11-20-2/h3-5,10,13,15-16H,6-9,11H2,1-2H3/t13-,15+,16+/m1/s1. The van der Waals surface area contributed by atoms with E-state index in [0.29, 0.717) is 18.0 Å². The molecule has 0 radical (unpaired) electrons. The first-order valence-electron chi connectivity index (χ1n) is 7.75. The van der Waals surface area contributed by atoms with Crippen LogP contribution in [0, 0.1) is 6.92 Å². The Labute approximate surface area is 132 Å². The molecule has 1 aromatic rings. The Morgan fingerprint density at radius 3 is 2.86 bits per heavy atom. The Morgan fingerprint density at radius 1 is 1.32 bits per heavy atom. The van der Waals surface area contributed by atoms with Crippen molar-refractivity contribution in [1.29, 1.82) is 0 Å². The van der Waals surface area contributed by atoms with Crippen molar-refractivity contribution in [3.63, 3.8) is 0 Å². The lowest BCUT2D eigenvalue weighted by atomic mass is 10.0. The monoisotopic (exact) mass is 325 g/mol. The molecule has 0 unspecified atom stereocenters. The van der Waals surface area contributed by atoms with Crippen molar-refractivity contribution in [2.24, 2.45) is 0 Å². The molecule has 2 aliphatic rings. The number of benzene rings is 1. The van der Waals surface area contributed by atoms with Crippen LogP contribution in [0.15, 0.2) is 29.2 Å². The zero-order chi connectivity index (χ0) is 15.7. The Morgan fingerprint density at radius 2 is 2.14 bits per heavy atom. The smallest absolute Gasteiger partial charge is 0.243 e. The summed E-state index contributed by atoms with van der Waals surface area (Å²) in [6.45, 7) is 3.02. The molecule has 22 heavy (non-hydrogen) atoms. The average molecular weight is 325 g/mol. The number of fused-ring (bicyclic) bond motifs is 1. The number of methoxy groups -OCH3 is 1. The minimum absolute atomic E-state index is 0.00603. The molecule has 0 bridgehead atoms. The van der Waals surface area contributed by atoms with Crippen LogP contribution >= 0.6 is 0 Å². The summed E-state index contributed by atoms with van der Waals surface area (Å²) in [7, 11) is -1.77. The minimum Gasteiger partial charge on any atom is -0.382 e. The van der Waals surface area contributed by atoms with Crippen LogP contribution in [0.25, 0.3) is 0 Å². The van der Waals surface area contributed by atoms with E-state index < -0.39 is 10.0 Å². The summed E-state index contributed by atoms with van der Waals surface area (Å²) in [5.74, 6) is 0. The first kappa shape index (κ1) is 15.9. The lowest BCUT2D eigenvalue weighted by Gasteiger charge is -2.35. The SMILES string of the molecule is COC[C@H]1CC[C@H]2[C@H](CCN2S(=O)(=O)c2cccc(C)c2)O1. The van der Waals surface area contributed by atoms with Gasteiger partial charge in [-0.1, -0.05) is 12.1 Å². The van der Waals surface area contributed by atoms with Crippen LogP contribution in [0.1, 0.15) is 24.8 Å². The van der Waals surface area contributed by atoms with Crippen LogP contribution in [0.4, 0.5) is 0 Å². The van der Waals surface area contributed by atoms with Gasteiger partial charge in [-0.25, -0.2) is 8.42 Å². The Bertz CT molecular complexity index is 631. The van der Waals surface area contributed by atoms with Gasteiger partial charge in [0.25, 0.3) is 0 Å². The van der Waals surface area contributed by atoms with E-state index in [9.17, 15) is 8.42 Å². The third-order valence-electron chi connectivity index (χ3n) is 4.53. The molecule has 0 aliphatic carbocycles. The maximum absolute atomic E-state index is 12.9. The Hall–Kier alpha value is -0.950. The summed E-state index contributed by atoms with van der Waals surface area (Å²) in [5, 5.41) is 0. The van der Waals surface area contributed by atoms with Crippen LogP contribution < -0.4 is 0 Å². The molecule has 1 aromatic carbocycles. The summed E-state index contributed by atoms with van der Waals surface area (Å²) in [4.78, 5) is 0.382. The highest BCUT2D eigenvalue weighted by Gasteiger charge is 2.45. The molecule has 6 heteroatoms. The lowest BCUT2D eigenvalue weighted by molar-refractivity contribution is -0.0872. The molecule has 2 fully saturated rings. The maximum Gasteiger partial charge on any atom is 0.243 e. The number of ether oxygens (including phenoxy) is 2. The molecule has 5 nitrogen and oxygen atoms in total. The van der Waals surface area contributed by atoms with Gasteiger partial charge in [0.2, 0.25) is 10.0 Å². The van der Waals surface area contributed by atoms with E-state index in [2.05, 4.69) is 0 Å². The third kappa shape index (κ3) is 2.93. The van der Waals surface area contributed by atoms with Gasteiger partial charge in [0.15, 0.2) is 0 Å². The Kier molecular flexibility index (Phi) is 4.54. The molecule has 0 spiro atoms. The second-order valence-corrected chi connectivity index (χ2v) is 8.01. The predicted octanol–water partition coefficient (Wildman–Crippen LogP) is 1.95. The molecule has 3 rings (SSSR count). The third-order valence-corrected chi connectivity index (χ3v) is 6.45. The Balaban J connectivity index is 1.79. The van der Waals surface area contributed by atoms with Crippen LogP contribution in [0.3, 0.4) is 0 Å². The van der Waals surface area contributed by atoms with Gasteiger partial charge in [-0.05, 0) is 43.9 Å². The molecular weight excluding hydrogens is 302 g/mol. The maximum atomic E-state index is 12.9. The summed E-state index contributed by atoms with van der Waals surface area (Å²) in [6, 6.07) is 7.07. The molecule has 122 valence electrons. The lowest BCUT2D eigenvalue weighted by Crippen LogP contribution is -2.45. The summed E-state index contributed by atoms with van der Waals surface area (Å²) in [6.07, 6.45) is 2.52. The fourth-order valence-corrected chi connectivity index (χ4v) is 5.28. The van der Waals surface area contributed by atoms with E-state index in [0.717, 1.165) is 24.8 Å². The van der Waals surface area contributed by atoms with Crippen molar-refractivity contribution >= 4 is 10.0 Å². The van der Waals surface area contributed by atoms with E-state index in [1.54, 1.807) is 29.6 Å². The van der Waals surface area contributed by atoms with Gasteiger partial charge in [0.05, 0.1) is 29.8 Å². The summed E-state index contributed by atoms with van der Waals surface area (Å²) >= 11 is 0. The zero-order valence-electron chi connectivity index (χ0n) is 13.1. The van der Waals surface area contributed by atoms with Gasteiger partial charge < -0.3 is 9.47 Å². The highest BCUT2D eigenvalue weighted by atomic mass is 32.2. The van der Waals surface area contributed by atoms with E-state index in [1.807, 2.05) is 13.0 Å². The van der Waals surface area contributed by atoms with Crippen molar-refractivity contribution in [2.75, 3.05) is 20.3 Å². The second-order valence-electron chi connectivity index (χ2n) is 6.12. The normalized spacial score (nSPS) is 29.5. The van der Waals surface area contributed by atoms with Crippen molar-refractivity contribution in [2.45, 2.75) is 49.3 Å². The first-order chi connectivity index (χ1) is 10.5. The number of aryl methyl sites for hydroxylation is 1. The highest BCUT2D eigenvalue weighted by molar-refractivity contribution is 7.89. The van der Waals surface area contributed by atoms with Crippen molar-refractivity contribution in [3.8, 4) is 0 Å². The quantitative estimate of drug-likeness (QED) is 0.849. The molecule has 0 saturated carbocycles. The number of hydrogen-bond acceptors (Lipinski definition) is 4. The molecule has 2 saturated heterocycles. The van der Waals surface area contributed by atoms with Gasteiger partial charge in [-0.3, -0.25) is 0 Å². The molecule has 3 atom stereocenters. The largest absolute Gasteiger partial charge is 0.382 e. The van der Waals surface area contributed by atoms with Gasteiger partial charge >= 0.3 is 0 Å². The molecule has 0 N–H and O–H groups in total. The van der Waals surface area contributed by atoms with Gasteiger partial charge in [0.1, 0.15) is 0 Å². The van der Waals surface area contributed by atoms with Crippen LogP contribution in [0.2, 0.25) is 0 Å². The number of nitrogens with zero attached hydrogens (tertiary/aromatic N) is 1. The summed E-state index contributed by atoms with van der Waals surface area (Å²) in [5.41, 5.74) is 0.955. The van der Waals surface area contributed by atoms with Crippen LogP contribution in [0.5, 0.6) is 0 Å². The van der Waals surface area contributed by atoms with Crippen LogP contribution in [-0.2, 0) is 19.5 Å². The van der Waals surface area contributed by atoms with Crippen molar-refractivity contribution in [3.05, 3.63) is 29.8 Å². The van der Waals surface area contributed by atoms with E-state index in [-0.39, 0.29) is 18.2 Å². The molecule has 2 heterocycles. The average Bonchev–Trinajstić information content (AvgIpc) is 2.91. The zero-order valence-corrected chi connectivity index (χ0v) is 13.9. The van der Waals surface area contributed by atoms with E-state index >= 15 is 0 Å². The predicted molar refractivity (Wildman–Crippen MR) is 83.2 cm³/mol. The fraction of sp³-hybridized carbons (Fsp3) is 0.625. The van der Waals surface area contributed by atoms with E-state index in [4.69, 9.17) is 9.47 Å². The van der Waals surface area contributed by atoms with Gasteiger partial charge in [-0.15, -0.1) is 0 Å². The fourth-order valence-electron chi connectivity index (χ4n) is 3.48. The van der Waals surface area contributed by atoms with Crippen molar-refractivity contribution in [1.82, 2.24) is 4.31 Å². The first-order valence-corrected chi connectivity index (χ1v) is 9.19. The molecule has 0 amide bonds. The van der Waals surface area contributed by atoms with Gasteiger partial charge in [-0.2, -0.15) is 4.31 Å². The van der Waals surface area contributed by atoms with Gasteiger partial charge in [0, 0.05) is 13.7 Å². The molecule has 0 aromatic heterocycles. The summed E-state index contributed by atoms with van der Waals surface area (Å²) < 4.78 is 38.6. The number of rotatable bonds is 4. The minimum atomic E-state index is -3.44. The van der Waals surface area contributed by atoms with Crippen LogP contribution in [-0.4, -0.2) is 51.2 Å². The topological polar surface area (TPSA) is 55.8 Å². The second kappa shape index (κ2) is 6.28. The molecule has 2 aliphatic heterocycles. The highest BCUT2D eigenvalue weighted by Crippen LogP contribution is 2.35. The van der Waals surface area contributed by atoms with Crippen molar-refractivity contribution < 1.29 is 17.9 Å². The number of sulfonamides is 1.